The number of nitriles is 2. The number of carbonyl (C=O) groups is 1. The van der Waals surface area contributed by atoms with Crippen LogP contribution in [0.15, 0.2) is 29.3 Å². The molecule has 0 radical (unpaired) electrons. The van der Waals surface area contributed by atoms with Gasteiger partial charge in [-0.1, -0.05) is 23.4 Å². The van der Waals surface area contributed by atoms with Gasteiger partial charge in [0, 0.05) is 0 Å². The maximum absolute atomic E-state index is 13.0. The largest absolute Gasteiger partial charge is 0.383 e. The second-order valence-corrected chi connectivity index (χ2v) is 6.61. The van der Waals surface area contributed by atoms with E-state index in [2.05, 4.69) is 10.3 Å². The Labute approximate surface area is 152 Å². The van der Waals surface area contributed by atoms with Gasteiger partial charge in [0.1, 0.15) is 28.8 Å². The Morgan fingerprint density at radius 1 is 1.36 bits per heavy atom. The van der Waals surface area contributed by atoms with Crippen LogP contribution >= 0.6 is 23.4 Å². The molecule has 6 nitrogen and oxygen atoms in total. The lowest BCUT2D eigenvalue weighted by atomic mass is 10.2. The lowest BCUT2D eigenvalue weighted by molar-refractivity contribution is -0.115. The minimum Gasteiger partial charge on any atom is -0.383 e. The first-order chi connectivity index (χ1) is 11.8. The van der Waals surface area contributed by atoms with Gasteiger partial charge in [0.05, 0.1) is 27.1 Å². The first-order valence-electron chi connectivity index (χ1n) is 6.89. The molecule has 1 heterocycles. The van der Waals surface area contributed by atoms with Gasteiger partial charge in [0.2, 0.25) is 5.91 Å². The summed E-state index contributed by atoms with van der Waals surface area (Å²) in [6, 6.07) is 8.71. The van der Waals surface area contributed by atoms with E-state index in [0.29, 0.717) is 0 Å². The van der Waals surface area contributed by atoms with Crippen LogP contribution in [0.4, 0.5) is 15.9 Å². The van der Waals surface area contributed by atoms with Crippen LogP contribution < -0.4 is 11.1 Å². The van der Waals surface area contributed by atoms with Crippen LogP contribution in [-0.2, 0) is 4.79 Å². The third-order valence-electron chi connectivity index (χ3n) is 3.10. The monoisotopic (exact) mass is 375 g/mol. The lowest BCUT2D eigenvalue weighted by Crippen LogP contribution is -2.23. The molecule has 9 heteroatoms. The number of nitrogens with two attached hydrogens (primary N) is 1. The van der Waals surface area contributed by atoms with E-state index in [1.807, 2.05) is 12.1 Å². The van der Waals surface area contributed by atoms with Gasteiger partial charge in [0.15, 0.2) is 0 Å². The van der Waals surface area contributed by atoms with E-state index in [4.69, 9.17) is 22.6 Å². The summed E-state index contributed by atoms with van der Waals surface area (Å²) < 4.78 is 13.0. The summed E-state index contributed by atoms with van der Waals surface area (Å²) in [4.78, 5) is 16.3. The Hall–Kier alpha value is -2.81. The molecule has 3 N–H and O–H groups in total. The number of nitrogens with one attached hydrogen (secondary N) is 1. The molecule has 1 aromatic heterocycles. The molecule has 0 aliphatic carbocycles. The molecule has 0 aliphatic heterocycles. The highest BCUT2D eigenvalue weighted by Gasteiger charge is 2.20. The number of pyridine rings is 1. The van der Waals surface area contributed by atoms with Crippen molar-refractivity contribution in [2.24, 2.45) is 0 Å². The van der Waals surface area contributed by atoms with E-state index in [9.17, 15) is 14.4 Å². The average molecular weight is 376 g/mol. The number of nitrogens with zero attached hydrogens (tertiary/aromatic N) is 3. The number of nitrogen functional groups attached to an aromatic ring is 1. The number of amides is 1. The minimum atomic E-state index is -0.645. The molecular formula is C16H11ClFN5OS. The van der Waals surface area contributed by atoms with Gasteiger partial charge in [-0.2, -0.15) is 10.5 Å². The standard InChI is InChI=1S/C16H11ClFN5OS/c1-8(15(24)22-13-3-2-11(18)5-12(13)17)25-16-10(7-20)4-9(6-19)14(21)23-16/h2-5,8H,1H3,(H2,21,23)(H,22,24)/t8-/m1/s1. The Bertz CT molecular complexity index is 922. The quantitative estimate of drug-likeness (QED) is 0.792. The van der Waals surface area contributed by atoms with Gasteiger partial charge in [-0.25, -0.2) is 9.37 Å². The van der Waals surface area contributed by atoms with E-state index in [-0.39, 0.29) is 32.7 Å². The molecule has 25 heavy (non-hydrogen) atoms. The molecule has 0 spiro atoms. The first-order valence-corrected chi connectivity index (χ1v) is 8.14. The van der Waals surface area contributed by atoms with E-state index in [1.165, 1.54) is 18.2 Å². The van der Waals surface area contributed by atoms with Gasteiger partial charge >= 0.3 is 0 Å². The fourth-order valence-electron chi connectivity index (χ4n) is 1.82. The van der Waals surface area contributed by atoms with Crippen molar-refractivity contribution in [3.63, 3.8) is 0 Å². The number of hydrogen-bond donors (Lipinski definition) is 2. The second-order valence-electron chi connectivity index (χ2n) is 4.87. The van der Waals surface area contributed by atoms with Crippen molar-refractivity contribution in [1.29, 1.82) is 10.5 Å². The zero-order valence-electron chi connectivity index (χ0n) is 12.9. The smallest absolute Gasteiger partial charge is 0.237 e. The number of thioether (sulfide) groups is 1. The summed E-state index contributed by atoms with van der Waals surface area (Å²) in [5.74, 6) is -0.938. The molecule has 1 atom stereocenters. The average Bonchev–Trinajstić information content (AvgIpc) is 2.57. The Balaban J connectivity index is 2.18. The molecule has 0 unspecified atom stereocenters. The molecule has 0 saturated carbocycles. The van der Waals surface area contributed by atoms with E-state index in [0.717, 1.165) is 17.8 Å². The predicted octanol–water partition coefficient (Wildman–Crippen LogP) is 3.32. The lowest BCUT2D eigenvalue weighted by Gasteiger charge is -2.13. The summed E-state index contributed by atoms with van der Waals surface area (Å²) in [5.41, 5.74) is 6.17. The zero-order valence-corrected chi connectivity index (χ0v) is 14.5. The molecular weight excluding hydrogens is 365 g/mol. The summed E-state index contributed by atoms with van der Waals surface area (Å²) in [6.07, 6.45) is 0. The number of aromatic nitrogens is 1. The number of halogens is 2. The highest BCUT2D eigenvalue weighted by molar-refractivity contribution is 8.00. The van der Waals surface area contributed by atoms with Gasteiger partial charge < -0.3 is 11.1 Å². The van der Waals surface area contributed by atoms with Crippen LogP contribution in [0.3, 0.4) is 0 Å². The molecule has 126 valence electrons. The highest BCUT2D eigenvalue weighted by Crippen LogP contribution is 2.29. The third-order valence-corrected chi connectivity index (χ3v) is 4.52. The summed E-state index contributed by atoms with van der Waals surface area (Å²) >= 11 is 6.89. The molecule has 2 aromatic rings. The second kappa shape index (κ2) is 7.84. The first kappa shape index (κ1) is 18.5. The molecule has 2 rings (SSSR count). The molecule has 1 amide bonds. The zero-order chi connectivity index (χ0) is 18.6. The van der Waals surface area contributed by atoms with Crippen LogP contribution in [0.1, 0.15) is 18.1 Å². The van der Waals surface area contributed by atoms with Crippen molar-refractivity contribution in [3.8, 4) is 12.1 Å². The normalized spacial score (nSPS) is 11.2. The van der Waals surface area contributed by atoms with Crippen molar-refractivity contribution in [2.75, 3.05) is 11.1 Å². The summed E-state index contributed by atoms with van der Waals surface area (Å²) in [7, 11) is 0. The molecule has 0 aliphatic rings. The van der Waals surface area contributed by atoms with E-state index in [1.54, 1.807) is 6.92 Å². The molecule has 0 bridgehead atoms. The summed E-state index contributed by atoms with van der Waals surface area (Å²) in [5, 5.41) is 20.3. The molecule has 0 fully saturated rings. The van der Waals surface area contributed by atoms with Crippen molar-refractivity contribution < 1.29 is 9.18 Å². The summed E-state index contributed by atoms with van der Waals surface area (Å²) in [6.45, 7) is 1.61. The van der Waals surface area contributed by atoms with Crippen LogP contribution in [-0.4, -0.2) is 16.1 Å². The number of benzene rings is 1. The van der Waals surface area contributed by atoms with Crippen molar-refractivity contribution in [2.45, 2.75) is 17.2 Å². The van der Waals surface area contributed by atoms with E-state index < -0.39 is 17.0 Å². The fourth-order valence-corrected chi connectivity index (χ4v) is 2.91. The van der Waals surface area contributed by atoms with E-state index >= 15 is 0 Å². The van der Waals surface area contributed by atoms with Crippen LogP contribution in [0.25, 0.3) is 0 Å². The van der Waals surface area contributed by atoms with Crippen LogP contribution in [0.2, 0.25) is 5.02 Å². The number of anilines is 2. The van der Waals surface area contributed by atoms with Crippen molar-refractivity contribution in [1.82, 2.24) is 4.98 Å². The minimum absolute atomic E-state index is 0.0156. The Morgan fingerprint density at radius 2 is 2.04 bits per heavy atom. The van der Waals surface area contributed by atoms with Gasteiger partial charge in [0.25, 0.3) is 0 Å². The Kier molecular flexibility index (Phi) is 5.81. The number of rotatable bonds is 4. The van der Waals surface area contributed by atoms with Crippen LogP contribution in [0.5, 0.6) is 0 Å². The molecule has 0 saturated heterocycles. The highest BCUT2D eigenvalue weighted by atomic mass is 35.5. The van der Waals surface area contributed by atoms with Crippen molar-refractivity contribution >= 4 is 40.8 Å². The number of carbonyl (C=O) groups excluding carboxylic acids is 1. The maximum Gasteiger partial charge on any atom is 0.237 e. The molecule has 1 aromatic carbocycles. The third kappa shape index (κ3) is 4.38. The topological polar surface area (TPSA) is 116 Å². The van der Waals surface area contributed by atoms with Crippen LogP contribution in [0, 0.1) is 28.5 Å². The Morgan fingerprint density at radius 3 is 2.64 bits per heavy atom. The van der Waals surface area contributed by atoms with Gasteiger partial charge in [-0.15, -0.1) is 0 Å². The van der Waals surface area contributed by atoms with Crippen molar-refractivity contribution in [3.05, 3.63) is 46.2 Å². The maximum atomic E-state index is 13.0. The fraction of sp³-hybridized carbons (Fsp3) is 0.125. The predicted molar refractivity (Wildman–Crippen MR) is 93.4 cm³/mol. The number of hydrogen-bond acceptors (Lipinski definition) is 6. The SMILES string of the molecule is C[C@@H](Sc1nc(N)c(C#N)cc1C#N)C(=O)Nc1ccc(F)cc1Cl. The van der Waals surface area contributed by atoms with Gasteiger partial charge in [-0.05, 0) is 31.2 Å². The van der Waals surface area contributed by atoms with Gasteiger partial charge in [-0.3, -0.25) is 4.79 Å².